The smallest absolute Gasteiger partial charge is 0.337 e. The van der Waals surface area contributed by atoms with Gasteiger partial charge >= 0.3 is 5.97 Å². The zero-order valence-corrected chi connectivity index (χ0v) is 15.3. The molecule has 0 saturated carbocycles. The van der Waals surface area contributed by atoms with Crippen molar-refractivity contribution >= 4 is 45.9 Å². The van der Waals surface area contributed by atoms with Gasteiger partial charge in [-0.05, 0) is 58.0 Å². The van der Waals surface area contributed by atoms with Gasteiger partial charge in [0.1, 0.15) is 5.57 Å². The summed E-state index contributed by atoms with van der Waals surface area (Å²) in [5, 5.41) is 0. The minimum absolute atomic E-state index is 0.0343. The number of hydrogen-bond acceptors (Lipinski definition) is 4. The number of halogens is 1. The largest absolute Gasteiger partial charge is 0.465 e. The Morgan fingerprint density at radius 2 is 1.28 bits per heavy atom. The molecule has 1 fully saturated rings. The number of esters is 1. The van der Waals surface area contributed by atoms with E-state index in [4.69, 9.17) is 0 Å². The number of hydrazine groups is 1. The molecule has 3 rings (SSSR count). The minimum Gasteiger partial charge on any atom is -0.465 e. The van der Waals surface area contributed by atoms with E-state index < -0.39 is 17.8 Å². The lowest BCUT2D eigenvalue weighted by Gasteiger charge is -2.11. The molecule has 0 atom stereocenters. The number of methoxy groups -OCH3 is 1. The standard InChI is InChI=1S/C18H13IN2O4/c1-25-18(24)12-4-2-10(3-5-12)14(11-6-8-13(19)9-7-11)15-16(22)20-21-17(15)23/h2-9H,1H3,(H,20,22)(H,21,23). The highest BCUT2D eigenvalue weighted by Crippen LogP contribution is 2.29. The maximum absolute atomic E-state index is 12.1. The van der Waals surface area contributed by atoms with E-state index in [-0.39, 0.29) is 5.57 Å². The molecular formula is C18H13IN2O4. The molecule has 25 heavy (non-hydrogen) atoms. The number of hydrogen-bond donors (Lipinski definition) is 2. The number of carbonyl (C=O) groups is 3. The van der Waals surface area contributed by atoms with Gasteiger partial charge in [-0.3, -0.25) is 20.4 Å². The van der Waals surface area contributed by atoms with E-state index in [0.29, 0.717) is 16.7 Å². The molecule has 7 heteroatoms. The lowest BCUT2D eigenvalue weighted by molar-refractivity contribution is -0.117. The molecule has 1 aliphatic heterocycles. The van der Waals surface area contributed by atoms with Gasteiger partial charge in [-0.2, -0.15) is 0 Å². The highest BCUT2D eigenvalue weighted by molar-refractivity contribution is 14.1. The van der Waals surface area contributed by atoms with Crippen LogP contribution in [0.5, 0.6) is 0 Å². The summed E-state index contributed by atoms with van der Waals surface area (Å²) in [5.74, 6) is -1.43. The molecule has 2 aromatic carbocycles. The summed E-state index contributed by atoms with van der Waals surface area (Å²) in [5.41, 5.74) is 6.94. The molecule has 2 amide bonds. The molecular weight excluding hydrogens is 435 g/mol. The van der Waals surface area contributed by atoms with Crippen LogP contribution in [-0.4, -0.2) is 24.9 Å². The van der Waals surface area contributed by atoms with Crippen molar-refractivity contribution in [1.82, 2.24) is 10.9 Å². The normalized spacial score (nSPS) is 13.3. The van der Waals surface area contributed by atoms with Gasteiger partial charge in [0.15, 0.2) is 0 Å². The van der Waals surface area contributed by atoms with Crippen LogP contribution in [0, 0.1) is 3.57 Å². The first-order valence-corrected chi connectivity index (χ1v) is 8.39. The van der Waals surface area contributed by atoms with Crippen LogP contribution in [0.2, 0.25) is 0 Å². The molecule has 1 heterocycles. The van der Waals surface area contributed by atoms with Crippen LogP contribution < -0.4 is 10.9 Å². The molecule has 0 aliphatic carbocycles. The fourth-order valence-corrected chi connectivity index (χ4v) is 2.89. The zero-order valence-electron chi connectivity index (χ0n) is 13.1. The zero-order chi connectivity index (χ0) is 18.0. The number of carbonyl (C=O) groups excluding carboxylic acids is 3. The summed E-state index contributed by atoms with van der Waals surface area (Å²) < 4.78 is 5.72. The first-order chi connectivity index (χ1) is 12.0. The van der Waals surface area contributed by atoms with Crippen molar-refractivity contribution in [2.45, 2.75) is 0 Å². The maximum atomic E-state index is 12.1. The second-order valence-corrected chi connectivity index (χ2v) is 6.48. The van der Waals surface area contributed by atoms with Crippen LogP contribution in [0.4, 0.5) is 0 Å². The van der Waals surface area contributed by atoms with E-state index in [1.807, 2.05) is 24.3 Å². The Bertz CT molecular complexity index is 868. The minimum atomic E-state index is -0.490. The van der Waals surface area contributed by atoms with Gasteiger partial charge in [-0.25, -0.2) is 4.79 Å². The van der Waals surface area contributed by atoms with E-state index in [2.05, 4.69) is 38.2 Å². The summed E-state index contributed by atoms with van der Waals surface area (Å²) in [4.78, 5) is 35.9. The fraction of sp³-hybridized carbons (Fsp3) is 0.0556. The highest BCUT2D eigenvalue weighted by atomic mass is 127. The molecule has 2 N–H and O–H groups in total. The van der Waals surface area contributed by atoms with Crippen molar-refractivity contribution in [3.63, 3.8) is 0 Å². The van der Waals surface area contributed by atoms with Gasteiger partial charge in [0.05, 0.1) is 12.7 Å². The molecule has 1 saturated heterocycles. The van der Waals surface area contributed by atoms with Crippen molar-refractivity contribution in [3.8, 4) is 0 Å². The van der Waals surface area contributed by atoms with E-state index in [9.17, 15) is 14.4 Å². The average molecular weight is 448 g/mol. The topological polar surface area (TPSA) is 84.5 Å². The van der Waals surface area contributed by atoms with Crippen molar-refractivity contribution in [2.24, 2.45) is 0 Å². The molecule has 0 unspecified atom stereocenters. The third-order valence-electron chi connectivity index (χ3n) is 3.72. The van der Waals surface area contributed by atoms with Crippen LogP contribution in [-0.2, 0) is 14.3 Å². The summed E-state index contributed by atoms with van der Waals surface area (Å²) in [6.07, 6.45) is 0. The van der Waals surface area contributed by atoms with Crippen molar-refractivity contribution in [1.29, 1.82) is 0 Å². The Labute approximate surface area is 157 Å². The van der Waals surface area contributed by atoms with Crippen molar-refractivity contribution in [3.05, 3.63) is 74.4 Å². The monoisotopic (exact) mass is 448 g/mol. The third-order valence-corrected chi connectivity index (χ3v) is 4.44. The van der Waals surface area contributed by atoms with Gasteiger partial charge in [0.25, 0.3) is 11.8 Å². The Kier molecular flexibility index (Phi) is 4.84. The number of amides is 2. The van der Waals surface area contributed by atoms with Crippen molar-refractivity contribution < 1.29 is 19.1 Å². The van der Waals surface area contributed by atoms with Gasteiger partial charge in [-0.15, -0.1) is 0 Å². The first kappa shape index (κ1) is 17.2. The second-order valence-electron chi connectivity index (χ2n) is 5.23. The molecule has 0 bridgehead atoms. The molecule has 0 radical (unpaired) electrons. The number of benzene rings is 2. The average Bonchev–Trinajstić information content (AvgIpc) is 2.96. The summed E-state index contributed by atoms with van der Waals surface area (Å²) >= 11 is 2.18. The Balaban J connectivity index is 2.17. The van der Waals surface area contributed by atoms with Gasteiger partial charge in [0, 0.05) is 9.14 Å². The molecule has 126 valence electrons. The quantitative estimate of drug-likeness (QED) is 0.326. The van der Waals surface area contributed by atoms with Gasteiger partial charge in [-0.1, -0.05) is 24.3 Å². The molecule has 0 aromatic heterocycles. The van der Waals surface area contributed by atoms with Crippen LogP contribution >= 0.6 is 22.6 Å². The van der Waals surface area contributed by atoms with Crippen LogP contribution in [0.3, 0.4) is 0 Å². The van der Waals surface area contributed by atoms with E-state index >= 15 is 0 Å². The van der Waals surface area contributed by atoms with Crippen LogP contribution in [0.15, 0.2) is 54.1 Å². The molecule has 0 spiro atoms. The Hall–Kier alpha value is -2.68. The summed E-state index contributed by atoms with van der Waals surface area (Å²) in [6.45, 7) is 0. The number of rotatable bonds is 3. The summed E-state index contributed by atoms with van der Waals surface area (Å²) in [6, 6.07) is 14.0. The molecule has 1 aliphatic rings. The van der Waals surface area contributed by atoms with E-state index in [1.165, 1.54) is 7.11 Å². The van der Waals surface area contributed by atoms with Crippen LogP contribution in [0.25, 0.3) is 5.57 Å². The fourth-order valence-electron chi connectivity index (χ4n) is 2.53. The number of nitrogens with one attached hydrogen (secondary N) is 2. The predicted octanol–water partition coefficient (Wildman–Crippen LogP) is 2.04. The first-order valence-electron chi connectivity index (χ1n) is 7.31. The molecule has 2 aromatic rings. The van der Waals surface area contributed by atoms with E-state index in [0.717, 1.165) is 9.13 Å². The van der Waals surface area contributed by atoms with Crippen LogP contribution in [0.1, 0.15) is 21.5 Å². The van der Waals surface area contributed by atoms with Gasteiger partial charge < -0.3 is 4.74 Å². The Morgan fingerprint density at radius 3 is 1.76 bits per heavy atom. The Morgan fingerprint density at radius 1 is 0.840 bits per heavy atom. The number of ether oxygens (including phenoxy) is 1. The van der Waals surface area contributed by atoms with Gasteiger partial charge in [0.2, 0.25) is 0 Å². The lowest BCUT2D eigenvalue weighted by Crippen LogP contribution is -2.28. The SMILES string of the molecule is COC(=O)c1ccc(C(=C2C(=O)NNC2=O)c2ccc(I)cc2)cc1. The van der Waals surface area contributed by atoms with E-state index in [1.54, 1.807) is 24.3 Å². The summed E-state index contributed by atoms with van der Waals surface area (Å²) in [7, 11) is 1.31. The maximum Gasteiger partial charge on any atom is 0.337 e. The second kappa shape index (κ2) is 7.06. The third kappa shape index (κ3) is 3.41. The molecule has 6 nitrogen and oxygen atoms in total. The lowest BCUT2D eigenvalue weighted by atomic mass is 9.92. The van der Waals surface area contributed by atoms with Crippen molar-refractivity contribution in [2.75, 3.05) is 7.11 Å². The predicted molar refractivity (Wildman–Crippen MR) is 99.2 cm³/mol. The highest BCUT2D eigenvalue weighted by Gasteiger charge is 2.30.